The van der Waals surface area contributed by atoms with Crippen molar-refractivity contribution in [1.29, 1.82) is 0 Å². The molecule has 2 N–H and O–H groups in total. The minimum Gasteiger partial charge on any atom is -0.504 e. The van der Waals surface area contributed by atoms with Crippen LogP contribution < -0.4 is 11.3 Å². The van der Waals surface area contributed by atoms with Gasteiger partial charge in [-0.2, -0.15) is 0 Å². The number of rotatable bonds is 0. The fourth-order valence-corrected chi connectivity index (χ4v) is 1.81. The van der Waals surface area contributed by atoms with E-state index in [0.717, 1.165) is 6.07 Å². The number of fused-ring (bicyclic) bond motifs is 4. The normalized spacial score (nSPS) is 10.8. The van der Waals surface area contributed by atoms with Gasteiger partial charge >= 0.3 is 11.3 Å². The lowest BCUT2D eigenvalue weighted by Gasteiger charge is -1.99. The van der Waals surface area contributed by atoms with Gasteiger partial charge in [-0.15, -0.1) is 0 Å². The lowest BCUT2D eigenvalue weighted by atomic mass is 10.2. The summed E-state index contributed by atoms with van der Waals surface area (Å²) in [6, 6.07) is 8.08. The molecule has 0 fully saturated rings. The van der Waals surface area contributed by atoms with E-state index in [4.69, 9.17) is 8.83 Å². The second-order valence-electron chi connectivity index (χ2n) is 4.12. The highest BCUT2D eigenvalue weighted by Gasteiger charge is 2.10. The molecule has 6 nitrogen and oxygen atoms in total. The quantitative estimate of drug-likeness (QED) is 0.648. The molecule has 6 heteroatoms. The van der Waals surface area contributed by atoms with Gasteiger partial charge in [0.2, 0.25) is 11.3 Å². The number of hydrogen-bond donors (Lipinski definition) is 2. The van der Waals surface area contributed by atoms with Crippen molar-refractivity contribution < 1.29 is 19.0 Å². The van der Waals surface area contributed by atoms with Gasteiger partial charge in [0.1, 0.15) is 0 Å². The first-order valence-corrected chi connectivity index (χ1v) is 5.65. The minimum atomic E-state index is -0.802. The smallest absolute Gasteiger partial charge is 0.343 e. The fourth-order valence-electron chi connectivity index (χ4n) is 1.81. The molecule has 0 aliphatic heterocycles. The predicted molar refractivity (Wildman–Crippen MR) is 70.7 cm³/mol. The highest BCUT2D eigenvalue weighted by atomic mass is 16.4. The molecule has 0 atom stereocenters. The van der Waals surface area contributed by atoms with E-state index < -0.39 is 28.3 Å². The molecule has 1 aromatic heterocycles. The van der Waals surface area contributed by atoms with Crippen LogP contribution in [0, 0.1) is 0 Å². The molecule has 0 saturated carbocycles. The summed E-state index contributed by atoms with van der Waals surface area (Å²) in [5, 5.41) is 19.7. The molecular formula is C14H8O6. The third-order valence-corrected chi connectivity index (χ3v) is 2.81. The first kappa shape index (κ1) is 12.0. The Morgan fingerprint density at radius 1 is 0.850 bits per heavy atom. The second-order valence-corrected chi connectivity index (χ2v) is 4.12. The Balaban J connectivity index is 2.71. The number of aromatic hydroxyl groups is 2. The molecule has 1 heterocycles. The Labute approximate surface area is 110 Å². The molecule has 0 radical (unpaired) electrons. The van der Waals surface area contributed by atoms with E-state index in [0.29, 0.717) is 0 Å². The van der Waals surface area contributed by atoms with Crippen LogP contribution in [0.1, 0.15) is 0 Å². The maximum Gasteiger partial charge on any atom is 0.343 e. The van der Waals surface area contributed by atoms with Crippen LogP contribution in [0.3, 0.4) is 0 Å². The fraction of sp³-hybridized carbons (Fsp3) is 0. The highest BCUT2D eigenvalue weighted by molar-refractivity contribution is 5.77. The van der Waals surface area contributed by atoms with E-state index in [1.807, 2.05) is 0 Å². The largest absolute Gasteiger partial charge is 0.504 e. The zero-order valence-electron chi connectivity index (χ0n) is 9.99. The van der Waals surface area contributed by atoms with Crippen LogP contribution in [-0.4, -0.2) is 10.2 Å². The Hall–Kier alpha value is -3.02. The van der Waals surface area contributed by atoms with Crippen molar-refractivity contribution in [1.82, 2.24) is 0 Å². The molecule has 0 unspecified atom stereocenters. The average molecular weight is 272 g/mol. The molecule has 0 aliphatic rings. The van der Waals surface area contributed by atoms with Crippen molar-refractivity contribution in [3.8, 4) is 11.5 Å². The molecule has 0 aliphatic carbocycles. The van der Waals surface area contributed by atoms with Gasteiger partial charge in [0.15, 0.2) is 11.3 Å². The molecular weight excluding hydrogens is 264 g/mol. The predicted octanol–water partition coefficient (Wildman–Crippen LogP) is 1.87. The zero-order chi connectivity index (χ0) is 14.3. The summed E-state index contributed by atoms with van der Waals surface area (Å²) in [4.78, 5) is 23.8. The highest BCUT2D eigenvalue weighted by Crippen LogP contribution is 2.30. The first-order valence-electron chi connectivity index (χ1n) is 5.65. The molecule has 4 bridgehead atoms. The van der Waals surface area contributed by atoms with Crippen LogP contribution in [0.25, 0.3) is 21.9 Å². The topological polar surface area (TPSA) is 101 Å². The Morgan fingerprint density at radius 3 is 2.20 bits per heavy atom. The Bertz CT molecular complexity index is 965. The lowest BCUT2D eigenvalue weighted by molar-refractivity contribution is 0.420. The van der Waals surface area contributed by atoms with E-state index >= 15 is 0 Å². The van der Waals surface area contributed by atoms with Gasteiger partial charge in [0, 0.05) is 0 Å². The number of phenolic OH excluding ortho intramolecular Hbond substituents is 2. The minimum absolute atomic E-state index is 0.102. The van der Waals surface area contributed by atoms with Crippen LogP contribution >= 0.6 is 0 Å². The van der Waals surface area contributed by atoms with Crippen LogP contribution in [0.4, 0.5) is 0 Å². The summed E-state index contributed by atoms with van der Waals surface area (Å²) in [5.41, 5.74) is -2.19. The molecule has 0 spiro atoms. The molecule has 3 aromatic rings. The van der Waals surface area contributed by atoms with E-state index in [2.05, 4.69) is 0 Å². The van der Waals surface area contributed by atoms with Gasteiger partial charge in [0.05, 0.1) is 10.8 Å². The molecule has 2 aromatic carbocycles. The van der Waals surface area contributed by atoms with Gasteiger partial charge in [-0.3, -0.25) is 0 Å². The standard InChI is InChI=1S/C14H8O6/c15-9-4-5-10-11(16)12(9)20-14(18)8-3-1-2-7(6-8)13(17)19-10/h1-6,15-16H. The van der Waals surface area contributed by atoms with Crippen LogP contribution in [0.2, 0.25) is 0 Å². The van der Waals surface area contributed by atoms with Gasteiger partial charge in [-0.1, -0.05) is 6.07 Å². The molecule has 3 rings (SSSR count). The van der Waals surface area contributed by atoms with Crippen molar-refractivity contribution >= 4 is 21.9 Å². The number of hydrogen-bond acceptors (Lipinski definition) is 6. The summed E-state index contributed by atoms with van der Waals surface area (Å²) >= 11 is 0. The third-order valence-electron chi connectivity index (χ3n) is 2.81. The van der Waals surface area contributed by atoms with Gasteiger partial charge in [0.25, 0.3) is 0 Å². The van der Waals surface area contributed by atoms with E-state index in [-0.39, 0.29) is 16.4 Å². The van der Waals surface area contributed by atoms with E-state index in [1.165, 1.54) is 30.3 Å². The van der Waals surface area contributed by atoms with E-state index in [1.54, 1.807) is 0 Å². The molecule has 100 valence electrons. The average Bonchev–Trinajstić information content (AvgIpc) is 2.45. The summed E-state index contributed by atoms with van der Waals surface area (Å²) in [7, 11) is 0. The van der Waals surface area contributed by atoms with Crippen LogP contribution in [-0.2, 0) is 0 Å². The second kappa shape index (κ2) is 4.27. The number of phenols is 2. The molecule has 0 saturated heterocycles. The summed E-state index contributed by atoms with van der Waals surface area (Å²) < 4.78 is 9.94. The van der Waals surface area contributed by atoms with Crippen molar-refractivity contribution in [2.75, 3.05) is 0 Å². The monoisotopic (exact) mass is 272 g/mol. The maximum atomic E-state index is 11.9. The van der Waals surface area contributed by atoms with Crippen molar-refractivity contribution in [2.24, 2.45) is 0 Å². The van der Waals surface area contributed by atoms with E-state index in [9.17, 15) is 19.8 Å². The van der Waals surface area contributed by atoms with Crippen LogP contribution in [0.5, 0.6) is 11.5 Å². The van der Waals surface area contributed by atoms with Crippen LogP contribution in [0.15, 0.2) is 54.8 Å². The van der Waals surface area contributed by atoms with Crippen molar-refractivity contribution in [2.45, 2.75) is 0 Å². The summed E-state index contributed by atoms with van der Waals surface area (Å²) in [5.74, 6) is -1.05. The Morgan fingerprint density at radius 2 is 1.50 bits per heavy atom. The van der Waals surface area contributed by atoms with Crippen molar-refractivity contribution in [3.05, 3.63) is 57.2 Å². The molecule has 20 heavy (non-hydrogen) atoms. The van der Waals surface area contributed by atoms with Crippen molar-refractivity contribution in [3.63, 3.8) is 0 Å². The Kier molecular flexibility index (Phi) is 2.57. The summed E-state index contributed by atoms with van der Waals surface area (Å²) in [6.07, 6.45) is 0. The third kappa shape index (κ3) is 1.83. The summed E-state index contributed by atoms with van der Waals surface area (Å²) in [6.45, 7) is 0. The van der Waals surface area contributed by atoms with Gasteiger partial charge < -0.3 is 19.0 Å². The number of benzene rings is 2. The molecule has 0 amide bonds. The zero-order valence-corrected chi connectivity index (χ0v) is 9.99. The lowest BCUT2D eigenvalue weighted by Crippen LogP contribution is -2.00. The van der Waals surface area contributed by atoms with Gasteiger partial charge in [-0.25, -0.2) is 9.59 Å². The maximum absolute atomic E-state index is 11.9. The SMILES string of the molecule is O=c1oc2ccc(O)c(oc(=O)c3cccc1c3)c2O. The van der Waals surface area contributed by atoms with Gasteiger partial charge in [-0.05, 0) is 30.3 Å². The first-order chi connectivity index (χ1) is 9.56.